The lowest BCUT2D eigenvalue weighted by molar-refractivity contribution is 0.192. The number of allylic oxidation sites excluding steroid dienone is 1. The van der Waals surface area contributed by atoms with Gasteiger partial charge in [0.05, 0.1) is 12.3 Å². The molecule has 0 atom stereocenters. The highest BCUT2D eigenvalue weighted by atomic mass is 19.1. The summed E-state index contributed by atoms with van der Waals surface area (Å²) < 4.78 is 19.3. The molecule has 20 heavy (non-hydrogen) atoms. The van der Waals surface area contributed by atoms with E-state index in [0.29, 0.717) is 12.3 Å². The van der Waals surface area contributed by atoms with Gasteiger partial charge in [0.15, 0.2) is 11.6 Å². The molecule has 0 bridgehead atoms. The molecule has 0 spiro atoms. The fraction of sp³-hybridized carbons (Fsp3) is 0.333. The van der Waals surface area contributed by atoms with Gasteiger partial charge in [-0.25, -0.2) is 4.39 Å². The summed E-state index contributed by atoms with van der Waals surface area (Å²) in [5.41, 5.74) is 0.160. The first kappa shape index (κ1) is 15.5. The Morgan fingerprint density at radius 3 is 2.55 bits per heavy atom. The van der Waals surface area contributed by atoms with Crippen LogP contribution >= 0.6 is 0 Å². The number of nitriles is 2. The van der Waals surface area contributed by atoms with Gasteiger partial charge in [-0.15, -0.1) is 0 Å². The van der Waals surface area contributed by atoms with E-state index in [2.05, 4.69) is 5.32 Å². The third-order valence-electron chi connectivity index (χ3n) is 2.23. The molecule has 0 aliphatic carbocycles. The highest BCUT2D eigenvalue weighted by Crippen LogP contribution is 2.29. The molecule has 1 N–H and O–H groups in total. The first-order chi connectivity index (χ1) is 9.37. The molecule has 0 fully saturated rings. The monoisotopic (exact) mass is 273 g/mol. The maximum Gasteiger partial charge on any atom is 0.178 e. The maximum absolute atomic E-state index is 13.8. The highest BCUT2D eigenvalue weighted by molar-refractivity contribution is 5.59. The molecule has 1 aromatic carbocycles. The zero-order valence-corrected chi connectivity index (χ0v) is 11.7. The Bertz CT molecular complexity index is 573. The van der Waals surface area contributed by atoms with Crippen molar-refractivity contribution in [2.75, 3.05) is 11.9 Å². The summed E-state index contributed by atoms with van der Waals surface area (Å²) in [4.78, 5) is 0. The van der Waals surface area contributed by atoms with Crippen LogP contribution in [0.3, 0.4) is 0 Å². The average molecular weight is 273 g/mol. The molecule has 5 heteroatoms. The minimum atomic E-state index is -0.497. The lowest BCUT2D eigenvalue weighted by Crippen LogP contribution is -2.17. The molecular formula is C15H16FN3O. The second-order valence-corrected chi connectivity index (χ2v) is 5.39. The van der Waals surface area contributed by atoms with Crippen molar-refractivity contribution in [1.29, 1.82) is 10.5 Å². The van der Waals surface area contributed by atoms with Crippen LogP contribution in [0.25, 0.3) is 0 Å². The van der Waals surface area contributed by atoms with Crippen molar-refractivity contribution in [2.45, 2.75) is 20.8 Å². The molecule has 1 rings (SSSR count). The van der Waals surface area contributed by atoms with Crippen molar-refractivity contribution < 1.29 is 9.13 Å². The number of nitrogens with one attached hydrogen (secondary N) is 1. The second kappa shape index (κ2) is 6.58. The van der Waals surface area contributed by atoms with Crippen molar-refractivity contribution in [1.82, 2.24) is 0 Å². The summed E-state index contributed by atoms with van der Waals surface area (Å²) in [6.45, 7) is 6.27. The van der Waals surface area contributed by atoms with Gasteiger partial charge in [-0.2, -0.15) is 10.5 Å². The van der Waals surface area contributed by atoms with Crippen LogP contribution in [0.5, 0.6) is 5.75 Å². The van der Waals surface area contributed by atoms with E-state index in [4.69, 9.17) is 15.3 Å². The Morgan fingerprint density at radius 2 is 2.00 bits per heavy atom. The summed E-state index contributed by atoms with van der Waals surface area (Å²) in [6, 6.07) is 7.86. The van der Waals surface area contributed by atoms with Crippen LogP contribution in [-0.2, 0) is 0 Å². The Balaban J connectivity index is 2.98. The number of hydrogen-bond acceptors (Lipinski definition) is 4. The van der Waals surface area contributed by atoms with Crippen molar-refractivity contribution in [2.24, 2.45) is 5.41 Å². The van der Waals surface area contributed by atoms with Crippen LogP contribution < -0.4 is 10.1 Å². The van der Waals surface area contributed by atoms with Gasteiger partial charge >= 0.3 is 0 Å². The van der Waals surface area contributed by atoms with Gasteiger partial charge in [0, 0.05) is 6.20 Å². The summed E-state index contributed by atoms with van der Waals surface area (Å²) in [5.74, 6) is -0.419. The van der Waals surface area contributed by atoms with Gasteiger partial charge in [-0.1, -0.05) is 26.8 Å². The number of halogens is 1. The topological polar surface area (TPSA) is 68.8 Å². The van der Waals surface area contributed by atoms with Gasteiger partial charge < -0.3 is 10.1 Å². The van der Waals surface area contributed by atoms with E-state index in [-0.39, 0.29) is 16.7 Å². The summed E-state index contributed by atoms with van der Waals surface area (Å²) in [7, 11) is 0. The molecular weight excluding hydrogens is 257 g/mol. The Hall–Kier alpha value is -2.53. The maximum atomic E-state index is 13.8. The van der Waals surface area contributed by atoms with Gasteiger partial charge in [0.1, 0.15) is 17.7 Å². The average Bonchev–Trinajstić information content (AvgIpc) is 2.37. The minimum absolute atomic E-state index is 0.0777. The van der Waals surface area contributed by atoms with E-state index < -0.39 is 5.82 Å². The van der Waals surface area contributed by atoms with Crippen LogP contribution in [0.15, 0.2) is 30.0 Å². The molecule has 1 aromatic rings. The Morgan fingerprint density at radius 1 is 1.35 bits per heavy atom. The Kier molecular flexibility index (Phi) is 5.11. The molecule has 104 valence electrons. The lowest BCUT2D eigenvalue weighted by Gasteiger charge is -2.20. The van der Waals surface area contributed by atoms with E-state index in [0.717, 1.165) is 0 Å². The Labute approximate surface area is 118 Å². The van der Waals surface area contributed by atoms with Crippen LogP contribution in [0.2, 0.25) is 0 Å². The predicted molar refractivity (Wildman–Crippen MR) is 74.3 cm³/mol. The highest BCUT2D eigenvalue weighted by Gasteiger charge is 2.15. The van der Waals surface area contributed by atoms with Gasteiger partial charge in [0.25, 0.3) is 0 Å². The fourth-order valence-corrected chi connectivity index (χ4v) is 1.30. The van der Waals surface area contributed by atoms with Crippen molar-refractivity contribution in [3.05, 3.63) is 35.8 Å². The van der Waals surface area contributed by atoms with Gasteiger partial charge in [-0.3, -0.25) is 0 Å². The number of hydrogen-bond donors (Lipinski definition) is 1. The zero-order valence-electron chi connectivity index (χ0n) is 11.7. The van der Waals surface area contributed by atoms with Crippen LogP contribution in [0.1, 0.15) is 20.8 Å². The smallest absolute Gasteiger partial charge is 0.178 e. The standard InChI is InChI=1S/C15H16FN3O/c1-15(2,3)10-20-14-12(16)5-4-6-13(14)19-9-11(7-17)8-18/h4-6,9,19H,10H2,1-3H3. The lowest BCUT2D eigenvalue weighted by atomic mass is 9.99. The number of anilines is 1. The van der Waals surface area contributed by atoms with Crippen molar-refractivity contribution in [3.8, 4) is 17.9 Å². The normalized spacial score (nSPS) is 10.1. The zero-order chi connectivity index (χ0) is 15.2. The molecule has 4 nitrogen and oxygen atoms in total. The summed E-state index contributed by atoms with van der Waals surface area (Å²) in [5, 5.41) is 20.0. The van der Waals surface area contributed by atoms with E-state index in [1.54, 1.807) is 18.2 Å². The van der Waals surface area contributed by atoms with E-state index in [1.807, 2.05) is 20.8 Å². The number of benzene rings is 1. The molecule has 0 aromatic heterocycles. The molecule has 0 amide bonds. The molecule has 0 saturated carbocycles. The van der Waals surface area contributed by atoms with Crippen LogP contribution in [0, 0.1) is 33.9 Å². The molecule has 0 saturated heterocycles. The molecule has 0 aliphatic rings. The first-order valence-electron chi connectivity index (χ1n) is 6.05. The minimum Gasteiger partial charge on any atom is -0.488 e. The number of rotatable bonds is 4. The predicted octanol–water partition coefficient (Wildman–Crippen LogP) is 3.59. The third kappa shape index (κ3) is 4.62. The molecule has 0 heterocycles. The SMILES string of the molecule is CC(C)(C)COc1c(F)cccc1NC=C(C#N)C#N. The van der Waals surface area contributed by atoms with E-state index >= 15 is 0 Å². The first-order valence-corrected chi connectivity index (χ1v) is 6.05. The number of ether oxygens (including phenoxy) is 1. The third-order valence-corrected chi connectivity index (χ3v) is 2.23. The van der Waals surface area contributed by atoms with Gasteiger partial charge in [0.2, 0.25) is 0 Å². The second-order valence-electron chi connectivity index (χ2n) is 5.39. The summed E-state index contributed by atoms with van der Waals surface area (Å²) >= 11 is 0. The largest absolute Gasteiger partial charge is 0.488 e. The molecule has 0 unspecified atom stereocenters. The van der Waals surface area contributed by atoms with Crippen LogP contribution in [0.4, 0.5) is 10.1 Å². The van der Waals surface area contributed by atoms with Crippen LogP contribution in [-0.4, -0.2) is 6.61 Å². The quantitative estimate of drug-likeness (QED) is 0.851. The van der Waals surface area contributed by atoms with E-state index in [1.165, 1.54) is 18.3 Å². The number of para-hydroxylation sites is 1. The molecule has 0 aliphatic heterocycles. The van der Waals surface area contributed by atoms with Crippen molar-refractivity contribution in [3.63, 3.8) is 0 Å². The summed E-state index contributed by atoms with van der Waals surface area (Å²) in [6.07, 6.45) is 1.22. The van der Waals surface area contributed by atoms with Gasteiger partial charge in [-0.05, 0) is 17.5 Å². The van der Waals surface area contributed by atoms with E-state index in [9.17, 15) is 4.39 Å². The fourth-order valence-electron chi connectivity index (χ4n) is 1.30. The molecule has 0 radical (unpaired) electrons. The number of nitrogens with zero attached hydrogens (tertiary/aromatic N) is 2. The van der Waals surface area contributed by atoms with Crippen molar-refractivity contribution >= 4 is 5.69 Å².